The normalized spacial score (nSPS) is 13.7. The molecule has 7 heteroatoms. The Kier molecular flexibility index (Phi) is 5.17. The van der Waals surface area contributed by atoms with Gasteiger partial charge in [0.2, 0.25) is 0 Å². The third-order valence-corrected chi connectivity index (χ3v) is 3.85. The smallest absolute Gasteiger partial charge is 0.189 e. The van der Waals surface area contributed by atoms with Gasteiger partial charge in [-0.3, -0.25) is 0 Å². The number of fused-ring (bicyclic) bond motifs is 1. The maximum atomic E-state index is 5.94. The summed E-state index contributed by atoms with van der Waals surface area (Å²) in [6.07, 6.45) is 0. The number of nitrogens with two attached hydrogens (primary N) is 1. The number of aromatic nitrogens is 1. The van der Waals surface area contributed by atoms with E-state index >= 15 is 0 Å². The lowest BCUT2D eigenvalue weighted by molar-refractivity contribution is 0.179. The monoisotopic (exact) mass is 312 g/mol. The Morgan fingerprint density at radius 2 is 2.40 bits per heavy atom. The number of methoxy groups -OCH3 is 1. The standard InChI is InChI=1S/C13H17ClN4OS/c1-8(7-19-2)17-13(15)16-6-12-18-10-5-9(14)3-4-11(10)20-12/h3-5,8H,6-7H2,1-2H3,(H3,15,16,17). The van der Waals surface area contributed by atoms with E-state index in [2.05, 4.69) is 15.3 Å². The molecule has 5 nitrogen and oxygen atoms in total. The summed E-state index contributed by atoms with van der Waals surface area (Å²) in [4.78, 5) is 8.76. The molecule has 0 saturated heterocycles. The van der Waals surface area contributed by atoms with Crippen molar-refractivity contribution in [2.24, 2.45) is 10.7 Å². The van der Waals surface area contributed by atoms with E-state index in [4.69, 9.17) is 22.1 Å². The molecule has 0 aliphatic rings. The van der Waals surface area contributed by atoms with Gasteiger partial charge < -0.3 is 15.8 Å². The molecule has 1 aromatic carbocycles. The van der Waals surface area contributed by atoms with Gasteiger partial charge in [0, 0.05) is 18.2 Å². The third-order valence-electron chi connectivity index (χ3n) is 2.59. The van der Waals surface area contributed by atoms with Gasteiger partial charge in [-0.2, -0.15) is 0 Å². The molecule has 1 heterocycles. The fourth-order valence-electron chi connectivity index (χ4n) is 1.76. The highest BCUT2D eigenvalue weighted by Crippen LogP contribution is 2.25. The Morgan fingerprint density at radius 1 is 1.60 bits per heavy atom. The second-order valence-electron chi connectivity index (χ2n) is 4.42. The molecule has 0 bridgehead atoms. The van der Waals surface area contributed by atoms with Gasteiger partial charge in [0.1, 0.15) is 5.01 Å². The van der Waals surface area contributed by atoms with E-state index in [0.717, 1.165) is 15.2 Å². The molecule has 0 amide bonds. The van der Waals surface area contributed by atoms with Crippen molar-refractivity contribution in [2.75, 3.05) is 13.7 Å². The second-order valence-corrected chi connectivity index (χ2v) is 5.97. The minimum absolute atomic E-state index is 0.123. The number of guanidine groups is 1. The number of nitrogens with one attached hydrogen (secondary N) is 1. The third kappa shape index (κ3) is 4.06. The summed E-state index contributed by atoms with van der Waals surface area (Å²) in [5.74, 6) is 0.395. The zero-order valence-electron chi connectivity index (χ0n) is 11.4. The van der Waals surface area contributed by atoms with Gasteiger partial charge in [-0.25, -0.2) is 9.98 Å². The summed E-state index contributed by atoms with van der Waals surface area (Å²) in [7, 11) is 1.65. The van der Waals surface area contributed by atoms with Crippen molar-refractivity contribution in [1.29, 1.82) is 0 Å². The molecular formula is C13H17ClN4OS. The van der Waals surface area contributed by atoms with Crippen LogP contribution in [0, 0.1) is 0 Å². The average molecular weight is 313 g/mol. The summed E-state index contributed by atoms with van der Waals surface area (Å²) in [5, 5.41) is 4.65. The summed E-state index contributed by atoms with van der Waals surface area (Å²) in [6.45, 7) is 3.01. The first-order chi connectivity index (χ1) is 9.58. The van der Waals surface area contributed by atoms with Gasteiger partial charge in [-0.15, -0.1) is 11.3 Å². The second kappa shape index (κ2) is 6.88. The molecule has 1 unspecified atom stereocenters. The minimum Gasteiger partial charge on any atom is -0.383 e. The Bertz CT molecular complexity index is 613. The zero-order valence-corrected chi connectivity index (χ0v) is 13.0. The molecule has 3 N–H and O–H groups in total. The molecule has 0 spiro atoms. The molecule has 0 aliphatic heterocycles. The van der Waals surface area contributed by atoms with Gasteiger partial charge in [-0.05, 0) is 25.1 Å². The van der Waals surface area contributed by atoms with E-state index < -0.39 is 0 Å². The first kappa shape index (κ1) is 15.0. The Hall–Kier alpha value is -1.37. The van der Waals surface area contributed by atoms with E-state index in [9.17, 15) is 0 Å². The summed E-state index contributed by atoms with van der Waals surface area (Å²) in [6, 6.07) is 5.79. The molecule has 2 aromatic rings. The summed E-state index contributed by atoms with van der Waals surface area (Å²) < 4.78 is 6.12. The topological polar surface area (TPSA) is 72.5 Å². The van der Waals surface area contributed by atoms with Crippen molar-refractivity contribution < 1.29 is 4.74 Å². The van der Waals surface area contributed by atoms with Crippen LogP contribution in [0.4, 0.5) is 0 Å². The Morgan fingerprint density at radius 3 is 3.15 bits per heavy atom. The molecule has 0 radical (unpaired) electrons. The summed E-state index contributed by atoms with van der Waals surface area (Å²) in [5.41, 5.74) is 6.71. The Balaban J connectivity index is 2.01. The largest absolute Gasteiger partial charge is 0.383 e. The number of ether oxygens (including phenoxy) is 1. The van der Waals surface area contributed by atoms with Crippen LogP contribution in [0.5, 0.6) is 0 Å². The summed E-state index contributed by atoms with van der Waals surface area (Å²) >= 11 is 7.53. The van der Waals surface area contributed by atoms with Crippen LogP contribution in [0.2, 0.25) is 5.02 Å². The highest BCUT2D eigenvalue weighted by molar-refractivity contribution is 7.18. The van der Waals surface area contributed by atoms with Crippen molar-refractivity contribution >= 4 is 39.1 Å². The number of rotatable bonds is 5. The van der Waals surface area contributed by atoms with Crippen molar-refractivity contribution in [3.8, 4) is 0 Å². The zero-order chi connectivity index (χ0) is 14.5. The highest BCUT2D eigenvalue weighted by atomic mass is 35.5. The van der Waals surface area contributed by atoms with E-state index in [0.29, 0.717) is 24.1 Å². The number of hydrogen-bond donors (Lipinski definition) is 2. The van der Waals surface area contributed by atoms with Crippen LogP contribution in [0.15, 0.2) is 23.2 Å². The number of aliphatic imine (C=N–C) groups is 1. The molecule has 1 atom stereocenters. The average Bonchev–Trinajstić information content (AvgIpc) is 2.78. The van der Waals surface area contributed by atoms with Crippen LogP contribution in [0.3, 0.4) is 0 Å². The van der Waals surface area contributed by atoms with Crippen molar-refractivity contribution in [3.63, 3.8) is 0 Å². The lowest BCUT2D eigenvalue weighted by atomic mass is 10.3. The van der Waals surface area contributed by atoms with Gasteiger partial charge in [0.05, 0.1) is 23.4 Å². The number of benzene rings is 1. The molecule has 20 heavy (non-hydrogen) atoms. The van der Waals surface area contributed by atoms with Crippen molar-refractivity contribution in [3.05, 3.63) is 28.2 Å². The number of thiazole rings is 1. The fourth-order valence-corrected chi connectivity index (χ4v) is 2.80. The maximum absolute atomic E-state index is 5.94. The lowest BCUT2D eigenvalue weighted by Crippen LogP contribution is -2.40. The van der Waals surface area contributed by atoms with Gasteiger partial charge >= 0.3 is 0 Å². The lowest BCUT2D eigenvalue weighted by Gasteiger charge is -2.12. The molecule has 108 valence electrons. The Labute approximate surface area is 126 Å². The quantitative estimate of drug-likeness (QED) is 0.657. The van der Waals surface area contributed by atoms with Crippen LogP contribution < -0.4 is 11.1 Å². The van der Waals surface area contributed by atoms with Crippen molar-refractivity contribution in [1.82, 2.24) is 10.3 Å². The minimum atomic E-state index is 0.123. The number of halogens is 1. The molecule has 0 fully saturated rings. The predicted molar refractivity (Wildman–Crippen MR) is 84.4 cm³/mol. The van der Waals surface area contributed by atoms with Gasteiger partial charge in [0.25, 0.3) is 0 Å². The molecule has 2 rings (SSSR count). The van der Waals surface area contributed by atoms with Gasteiger partial charge in [0.15, 0.2) is 5.96 Å². The number of hydrogen-bond acceptors (Lipinski definition) is 4. The van der Waals surface area contributed by atoms with Crippen LogP contribution in [-0.2, 0) is 11.3 Å². The van der Waals surface area contributed by atoms with E-state index in [1.54, 1.807) is 18.4 Å². The molecule has 0 saturated carbocycles. The highest BCUT2D eigenvalue weighted by Gasteiger charge is 2.05. The van der Waals surface area contributed by atoms with Crippen LogP contribution in [0.1, 0.15) is 11.9 Å². The SMILES string of the molecule is COCC(C)NC(N)=NCc1nc2cc(Cl)ccc2s1. The van der Waals surface area contributed by atoms with Crippen LogP contribution in [-0.4, -0.2) is 30.7 Å². The molecule has 0 aliphatic carbocycles. The van der Waals surface area contributed by atoms with E-state index in [1.807, 2.05) is 25.1 Å². The van der Waals surface area contributed by atoms with Crippen LogP contribution in [0.25, 0.3) is 10.2 Å². The maximum Gasteiger partial charge on any atom is 0.189 e. The first-order valence-electron chi connectivity index (χ1n) is 6.19. The van der Waals surface area contributed by atoms with Gasteiger partial charge in [-0.1, -0.05) is 11.6 Å². The van der Waals surface area contributed by atoms with E-state index in [-0.39, 0.29) is 6.04 Å². The van der Waals surface area contributed by atoms with Crippen LogP contribution >= 0.6 is 22.9 Å². The molecule has 1 aromatic heterocycles. The van der Waals surface area contributed by atoms with Crippen molar-refractivity contribution in [2.45, 2.75) is 19.5 Å². The first-order valence-corrected chi connectivity index (χ1v) is 7.38. The number of nitrogens with zero attached hydrogens (tertiary/aromatic N) is 2. The predicted octanol–water partition coefficient (Wildman–Crippen LogP) is 2.39. The molecular weight excluding hydrogens is 296 g/mol. The fraction of sp³-hybridized carbons (Fsp3) is 0.385. The van der Waals surface area contributed by atoms with E-state index in [1.165, 1.54) is 0 Å².